The molecule has 154 valence electrons. The third-order valence-corrected chi connectivity index (χ3v) is 6.90. The largest absolute Gasteiger partial charge is 0.364 e. The molecule has 0 aliphatic heterocycles. The van der Waals surface area contributed by atoms with E-state index in [9.17, 15) is 5.11 Å². The van der Waals surface area contributed by atoms with Crippen LogP contribution in [0.1, 0.15) is 117 Å². The molecule has 2 nitrogen and oxygen atoms in total. The number of rotatable bonds is 8. The van der Waals surface area contributed by atoms with Crippen molar-refractivity contribution in [3.05, 3.63) is 35.4 Å². The predicted molar refractivity (Wildman–Crippen MR) is 115 cm³/mol. The van der Waals surface area contributed by atoms with E-state index in [0.29, 0.717) is 11.3 Å². The Hall–Kier alpha value is -0.860. The fourth-order valence-corrected chi connectivity index (χ4v) is 4.39. The lowest BCUT2D eigenvalue weighted by Crippen LogP contribution is -2.30. The first-order chi connectivity index (χ1) is 12.5. The van der Waals surface area contributed by atoms with E-state index in [-0.39, 0.29) is 11.0 Å². The van der Waals surface area contributed by atoms with Gasteiger partial charge in [-0.2, -0.15) is 0 Å². The highest BCUT2D eigenvalue weighted by Crippen LogP contribution is 2.45. The van der Waals surface area contributed by atoms with Crippen LogP contribution in [0.25, 0.3) is 0 Å². The molecule has 2 atom stereocenters. The first-order valence-electron chi connectivity index (χ1n) is 11.0. The molecule has 1 fully saturated rings. The molecule has 27 heavy (non-hydrogen) atoms. The Labute approximate surface area is 167 Å². The molecule has 1 aliphatic carbocycles. The Morgan fingerprint density at radius 2 is 1.48 bits per heavy atom. The molecule has 0 spiro atoms. The van der Waals surface area contributed by atoms with Crippen molar-refractivity contribution in [2.45, 2.75) is 111 Å². The van der Waals surface area contributed by atoms with Crippen LogP contribution in [0, 0.1) is 10.8 Å². The Balaban J connectivity index is 2.16. The third-order valence-electron chi connectivity index (χ3n) is 6.90. The number of aliphatic hydroxyl groups is 1. The molecule has 2 unspecified atom stereocenters. The van der Waals surface area contributed by atoms with Gasteiger partial charge in [0.25, 0.3) is 0 Å². The number of hydrogen-bond acceptors (Lipinski definition) is 2. The minimum atomic E-state index is -0.822. The van der Waals surface area contributed by atoms with Crippen molar-refractivity contribution in [3.8, 4) is 0 Å². The van der Waals surface area contributed by atoms with Crippen molar-refractivity contribution in [2.24, 2.45) is 10.8 Å². The van der Waals surface area contributed by atoms with Crippen LogP contribution in [0.4, 0.5) is 0 Å². The van der Waals surface area contributed by atoms with Crippen LogP contribution < -0.4 is 0 Å². The first-order valence-corrected chi connectivity index (χ1v) is 11.0. The summed E-state index contributed by atoms with van der Waals surface area (Å²) in [4.78, 5) is 0. The van der Waals surface area contributed by atoms with Crippen LogP contribution in [-0.2, 0) is 4.74 Å². The van der Waals surface area contributed by atoms with Crippen molar-refractivity contribution in [1.29, 1.82) is 0 Å². The summed E-state index contributed by atoms with van der Waals surface area (Å²) in [5.74, 6) is 0.497. The maximum absolute atomic E-state index is 10.7. The summed E-state index contributed by atoms with van der Waals surface area (Å²) < 4.78 is 6.16. The first kappa shape index (κ1) is 22.4. The van der Waals surface area contributed by atoms with Crippen LogP contribution in [-0.4, -0.2) is 10.7 Å². The maximum Gasteiger partial charge on any atom is 0.181 e. The molecule has 0 heterocycles. The molecule has 0 aromatic heterocycles. The summed E-state index contributed by atoms with van der Waals surface area (Å²) in [5, 5.41) is 10.7. The van der Waals surface area contributed by atoms with Crippen LogP contribution >= 0.6 is 0 Å². The number of hydrogen-bond donors (Lipinski definition) is 1. The fraction of sp³-hybridized carbons (Fsp3) is 0.760. The molecule has 2 heteroatoms. The summed E-state index contributed by atoms with van der Waals surface area (Å²) in [6, 6.07) is 8.54. The summed E-state index contributed by atoms with van der Waals surface area (Å²) in [6.07, 6.45) is 7.05. The standard InChI is InChI=1S/C25H42O2/c1-8-24(6,7)18-21(23(3,4)5)19-12-14-20(15-13-19)22(26)27-25(9-2)16-10-11-17-25/h12-15,21-22,26H,8-11,16-18H2,1-7H3. The highest BCUT2D eigenvalue weighted by atomic mass is 16.6. The predicted octanol–water partition coefficient (Wildman–Crippen LogP) is 7.37. The van der Waals surface area contributed by atoms with Crippen LogP contribution in [0.5, 0.6) is 0 Å². The topological polar surface area (TPSA) is 29.5 Å². The summed E-state index contributed by atoms with van der Waals surface area (Å²) in [5.41, 5.74) is 2.65. The van der Waals surface area contributed by atoms with Gasteiger partial charge in [0.2, 0.25) is 0 Å². The zero-order valence-corrected chi connectivity index (χ0v) is 18.8. The average molecular weight is 375 g/mol. The van der Waals surface area contributed by atoms with Crippen LogP contribution in [0.2, 0.25) is 0 Å². The summed E-state index contributed by atoms with van der Waals surface area (Å²) >= 11 is 0. The van der Waals surface area contributed by atoms with Crippen molar-refractivity contribution < 1.29 is 9.84 Å². The number of benzene rings is 1. The van der Waals surface area contributed by atoms with Crippen molar-refractivity contribution in [3.63, 3.8) is 0 Å². The van der Waals surface area contributed by atoms with E-state index in [1.54, 1.807) is 0 Å². The zero-order chi connectivity index (χ0) is 20.3. The van der Waals surface area contributed by atoms with Gasteiger partial charge < -0.3 is 9.84 Å². The Morgan fingerprint density at radius 1 is 0.963 bits per heavy atom. The molecule has 0 bridgehead atoms. The van der Waals surface area contributed by atoms with E-state index in [1.807, 2.05) is 0 Å². The van der Waals surface area contributed by atoms with Crippen molar-refractivity contribution >= 4 is 0 Å². The van der Waals surface area contributed by atoms with Gasteiger partial charge in [0.05, 0.1) is 5.60 Å². The van der Waals surface area contributed by atoms with Gasteiger partial charge in [-0.15, -0.1) is 0 Å². The number of ether oxygens (including phenoxy) is 1. The lowest BCUT2D eigenvalue weighted by molar-refractivity contribution is -0.189. The molecule has 0 saturated heterocycles. The molecule has 1 N–H and O–H groups in total. The highest BCUT2D eigenvalue weighted by molar-refractivity contribution is 5.27. The maximum atomic E-state index is 10.7. The van der Waals surface area contributed by atoms with Gasteiger partial charge >= 0.3 is 0 Å². The quantitative estimate of drug-likeness (QED) is 0.481. The number of aliphatic hydroxyl groups excluding tert-OH is 1. The van der Waals surface area contributed by atoms with Crippen molar-refractivity contribution in [2.75, 3.05) is 0 Å². The highest BCUT2D eigenvalue weighted by Gasteiger charge is 2.36. The van der Waals surface area contributed by atoms with E-state index >= 15 is 0 Å². The average Bonchev–Trinajstić information content (AvgIpc) is 3.08. The second kappa shape index (κ2) is 8.66. The molecule has 0 amide bonds. The molecule has 1 aromatic rings. The Kier molecular flexibility index (Phi) is 7.19. The minimum absolute atomic E-state index is 0.128. The van der Waals surface area contributed by atoms with Crippen LogP contribution in [0.3, 0.4) is 0 Å². The molecule has 1 aliphatic rings. The monoisotopic (exact) mass is 374 g/mol. The summed E-state index contributed by atoms with van der Waals surface area (Å²) in [6.45, 7) is 16.2. The van der Waals surface area contributed by atoms with E-state index in [0.717, 1.165) is 24.8 Å². The second-order valence-electron chi connectivity index (χ2n) is 10.5. The molecule has 0 radical (unpaired) electrons. The fourth-order valence-electron chi connectivity index (χ4n) is 4.39. The zero-order valence-electron chi connectivity index (χ0n) is 18.8. The minimum Gasteiger partial charge on any atom is -0.364 e. The van der Waals surface area contributed by atoms with Gasteiger partial charge in [-0.05, 0) is 48.0 Å². The molecular weight excluding hydrogens is 332 g/mol. The van der Waals surface area contributed by atoms with Crippen molar-refractivity contribution in [1.82, 2.24) is 0 Å². The smallest absolute Gasteiger partial charge is 0.181 e. The van der Waals surface area contributed by atoms with Gasteiger partial charge in [-0.25, -0.2) is 0 Å². The Morgan fingerprint density at radius 3 is 1.93 bits per heavy atom. The van der Waals surface area contributed by atoms with Crippen LogP contribution in [0.15, 0.2) is 24.3 Å². The molecule has 1 aromatic carbocycles. The van der Waals surface area contributed by atoms with Gasteiger partial charge in [0, 0.05) is 5.56 Å². The van der Waals surface area contributed by atoms with E-state index < -0.39 is 6.29 Å². The van der Waals surface area contributed by atoms with Gasteiger partial charge in [0.1, 0.15) is 0 Å². The van der Waals surface area contributed by atoms with Gasteiger partial charge in [0.15, 0.2) is 6.29 Å². The summed E-state index contributed by atoms with van der Waals surface area (Å²) in [7, 11) is 0. The SMILES string of the molecule is CCC(C)(C)CC(c1ccc(C(O)OC2(CC)CCCC2)cc1)C(C)(C)C. The van der Waals surface area contributed by atoms with Gasteiger partial charge in [-0.3, -0.25) is 0 Å². The van der Waals surface area contributed by atoms with E-state index in [1.165, 1.54) is 31.2 Å². The second-order valence-corrected chi connectivity index (χ2v) is 10.5. The Bertz CT molecular complexity index is 573. The lowest BCUT2D eigenvalue weighted by atomic mass is 9.68. The lowest BCUT2D eigenvalue weighted by Gasteiger charge is -2.37. The van der Waals surface area contributed by atoms with E-state index in [4.69, 9.17) is 4.74 Å². The molecular formula is C25H42O2. The third kappa shape index (κ3) is 5.81. The van der Waals surface area contributed by atoms with E-state index in [2.05, 4.69) is 72.7 Å². The molecule has 2 rings (SSSR count). The normalized spacial score (nSPS) is 19.9. The molecule has 1 saturated carbocycles. The van der Waals surface area contributed by atoms with Gasteiger partial charge in [-0.1, -0.05) is 92.0 Å².